The lowest BCUT2D eigenvalue weighted by atomic mass is 9.92. The summed E-state index contributed by atoms with van der Waals surface area (Å²) in [6.07, 6.45) is 0. The predicted molar refractivity (Wildman–Crippen MR) is 77.8 cm³/mol. The van der Waals surface area contributed by atoms with E-state index >= 15 is 0 Å². The first-order valence-corrected chi connectivity index (χ1v) is 7.52. The van der Waals surface area contributed by atoms with E-state index in [1.54, 1.807) is 4.90 Å². The van der Waals surface area contributed by atoms with Crippen LogP contribution >= 0.6 is 0 Å². The van der Waals surface area contributed by atoms with Crippen molar-refractivity contribution in [2.75, 3.05) is 26.2 Å². The van der Waals surface area contributed by atoms with Gasteiger partial charge in [0.05, 0.1) is 12.0 Å². The minimum Gasteiger partial charge on any atom is -0.340 e. The molecule has 7 heteroatoms. The van der Waals surface area contributed by atoms with Crippen LogP contribution in [-0.2, 0) is 4.79 Å². The molecular formula is C15H20F2N4O. The minimum atomic E-state index is -0.695. The number of piperazine rings is 1. The van der Waals surface area contributed by atoms with Gasteiger partial charge in [0.1, 0.15) is 11.6 Å². The van der Waals surface area contributed by atoms with Gasteiger partial charge in [-0.2, -0.15) is 0 Å². The molecule has 2 aliphatic heterocycles. The number of carbonyl (C=O) groups is 1. The number of benzene rings is 1. The maximum atomic E-state index is 14.0. The van der Waals surface area contributed by atoms with Crippen LogP contribution in [0.4, 0.5) is 8.78 Å². The predicted octanol–water partition coefficient (Wildman–Crippen LogP) is 0.550. The lowest BCUT2D eigenvalue weighted by molar-refractivity contribution is -0.136. The van der Waals surface area contributed by atoms with E-state index in [2.05, 4.69) is 16.2 Å². The first kappa shape index (κ1) is 15.3. The van der Waals surface area contributed by atoms with E-state index in [0.717, 1.165) is 6.54 Å². The van der Waals surface area contributed by atoms with Crippen molar-refractivity contribution >= 4 is 5.91 Å². The first-order chi connectivity index (χ1) is 10.6. The summed E-state index contributed by atoms with van der Waals surface area (Å²) in [4.78, 5) is 14.5. The normalized spacial score (nSPS) is 28.9. The standard InChI is InChI=1S/C15H20F2N4O/c1-9-8-21(6-5-18-9)15(22)10-7-19-20-14(10)13-11(16)3-2-4-12(13)17/h2-4,9-10,14,18-20H,5-8H2,1H3/t9-,10?,14?/m1/s1. The molecule has 120 valence electrons. The van der Waals surface area contributed by atoms with Gasteiger partial charge in [0.25, 0.3) is 0 Å². The fraction of sp³-hybridized carbons (Fsp3) is 0.533. The Hall–Kier alpha value is -1.57. The summed E-state index contributed by atoms with van der Waals surface area (Å²) in [7, 11) is 0. The van der Waals surface area contributed by atoms with Gasteiger partial charge in [-0.05, 0) is 19.1 Å². The van der Waals surface area contributed by atoms with E-state index in [-0.39, 0.29) is 17.5 Å². The first-order valence-electron chi connectivity index (χ1n) is 7.52. The average molecular weight is 310 g/mol. The molecule has 0 saturated carbocycles. The smallest absolute Gasteiger partial charge is 0.229 e. The monoisotopic (exact) mass is 310 g/mol. The summed E-state index contributed by atoms with van der Waals surface area (Å²) >= 11 is 0. The third-order valence-electron chi connectivity index (χ3n) is 4.29. The molecule has 3 atom stereocenters. The summed E-state index contributed by atoms with van der Waals surface area (Å²) in [5, 5.41) is 3.27. The number of hydrogen-bond acceptors (Lipinski definition) is 4. The highest BCUT2D eigenvalue weighted by molar-refractivity contribution is 5.80. The van der Waals surface area contributed by atoms with Crippen LogP contribution in [-0.4, -0.2) is 43.0 Å². The second-order valence-electron chi connectivity index (χ2n) is 5.88. The van der Waals surface area contributed by atoms with Crippen molar-refractivity contribution in [2.24, 2.45) is 5.92 Å². The van der Waals surface area contributed by atoms with Crippen molar-refractivity contribution in [1.82, 2.24) is 21.1 Å². The molecule has 1 aromatic rings. The Morgan fingerprint density at radius 2 is 2.05 bits per heavy atom. The van der Waals surface area contributed by atoms with Gasteiger partial charge in [-0.1, -0.05) is 6.07 Å². The Balaban J connectivity index is 1.82. The van der Waals surface area contributed by atoms with Gasteiger partial charge in [0.15, 0.2) is 0 Å². The SMILES string of the molecule is C[C@@H]1CN(C(=O)C2CNNC2c2c(F)cccc2F)CCN1. The van der Waals surface area contributed by atoms with Crippen molar-refractivity contribution in [2.45, 2.75) is 19.0 Å². The van der Waals surface area contributed by atoms with Crippen molar-refractivity contribution in [3.05, 3.63) is 35.4 Å². The van der Waals surface area contributed by atoms with Crippen LogP contribution in [0.2, 0.25) is 0 Å². The summed E-state index contributed by atoms with van der Waals surface area (Å²) in [6, 6.07) is 3.29. The Bertz CT molecular complexity index is 548. The molecule has 1 aromatic carbocycles. The molecule has 3 rings (SSSR count). The number of rotatable bonds is 2. The quantitative estimate of drug-likeness (QED) is 0.747. The van der Waals surface area contributed by atoms with Crippen LogP contribution in [0.25, 0.3) is 0 Å². The van der Waals surface area contributed by atoms with E-state index < -0.39 is 23.6 Å². The molecule has 0 bridgehead atoms. The van der Waals surface area contributed by atoms with E-state index in [1.807, 2.05) is 6.92 Å². The topological polar surface area (TPSA) is 56.4 Å². The molecule has 22 heavy (non-hydrogen) atoms. The number of carbonyl (C=O) groups excluding carboxylic acids is 1. The maximum Gasteiger partial charge on any atom is 0.229 e. The molecule has 5 nitrogen and oxygen atoms in total. The largest absolute Gasteiger partial charge is 0.340 e. The molecule has 2 aliphatic rings. The number of hydrazine groups is 1. The summed E-state index contributed by atoms with van der Waals surface area (Å²) in [5.41, 5.74) is 5.63. The van der Waals surface area contributed by atoms with Crippen LogP contribution in [0.5, 0.6) is 0 Å². The van der Waals surface area contributed by atoms with Gasteiger partial charge in [-0.25, -0.2) is 14.2 Å². The van der Waals surface area contributed by atoms with Gasteiger partial charge in [0, 0.05) is 37.8 Å². The van der Waals surface area contributed by atoms with E-state index in [1.165, 1.54) is 18.2 Å². The fourth-order valence-corrected chi connectivity index (χ4v) is 3.18. The van der Waals surface area contributed by atoms with Crippen molar-refractivity contribution in [3.8, 4) is 0 Å². The zero-order valence-corrected chi connectivity index (χ0v) is 12.4. The Kier molecular flexibility index (Phi) is 4.37. The molecular weight excluding hydrogens is 290 g/mol. The molecule has 2 unspecified atom stereocenters. The zero-order chi connectivity index (χ0) is 15.7. The molecule has 2 saturated heterocycles. The lowest BCUT2D eigenvalue weighted by Gasteiger charge is -2.34. The third-order valence-corrected chi connectivity index (χ3v) is 4.29. The summed E-state index contributed by atoms with van der Waals surface area (Å²) in [5.74, 6) is -1.85. The average Bonchev–Trinajstić information content (AvgIpc) is 2.95. The van der Waals surface area contributed by atoms with Crippen molar-refractivity contribution in [1.29, 1.82) is 0 Å². The summed E-state index contributed by atoms with van der Waals surface area (Å²) in [6.45, 7) is 4.33. The molecule has 3 N–H and O–H groups in total. The van der Waals surface area contributed by atoms with Crippen molar-refractivity contribution < 1.29 is 13.6 Å². The lowest BCUT2D eigenvalue weighted by Crippen LogP contribution is -2.53. The maximum absolute atomic E-state index is 14.0. The van der Waals surface area contributed by atoms with Gasteiger partial charge >= 0.3 is 0 Å². The van der Waals surface area contributed by atoms with Crippen LogP contribution in [0.15, 0.2) is 18.2 Å². The molecule has 0 aliphatic carbocycles. The number of nitrogens with one attached hydrogen (secondary N) is 3. The minimum absolute atomic E-state index is 0.0708. The van der Waals surface area contributed by atoms with Crippen molar-refractivity contribution in [3.63, 3.8) is 0 Å². The van der Waals surface area contributed by atoms with E-state index in [9.17, 15) is 13.6 Å². The van der Waals surface area contributed by atoms with Crippen LogP contribution in [0.1, 0.15) is 18.5 Å². The second kappa shape index (κ2) is 6.28. The highest BCUT2D eigenvalue weighted by Gasteiger charge is 2.39. The van der Waals surface area contributed by atoms with Crippen LogP contribution < -0.4 is 16.2 Å². The molecule has 2 heterocycles. The third kappa shape index (κ3) is 2.84. The molecule has 0 spiro atoms. The second-order valence-corrected chi connectivity index (χ2v) is 5.88. The number of amides is 1. The molecule has 1 amide bonds. The zero-order valence-electron chi connectivity index (χ0n) is 12.4. The number of hydrogen-bond donors (Lipinski definition) is 3. The highest BCUT2D eigenvalue weighted by Crippen LogP contribution is 2.30. The molecule has 0 radical (unpaired) electrons. The van der Waals surface area contributed by atoms with Gasteiger partial charge in [-0.3, -0.25) is 10.2 Å². The Labute approximate surface area is 128 Å². The van der Waals surface area contributed by atoms with E-state index in [4.69, 9.17) is 0 Å². The van der Waals surface area contributed by atoms with Gasteiger partial charge < -0.3 is 10.2 Å². The number of nitrogens with zero attached hydrogens (tertiary/aromatic N) is 1. The van der Waals surface area contributed by atoms with Gasteiger partial charge in [-0.15, -0.1) is 0 Å². The van der Waals surface area contributed by atoms with Crippen LogP contribution in [0.3, 0.4) is 0 Å². The molecule has 0 aromatic heterocycles. The highest BCUT2D eigenvalue weighted by atomic mass is 19.1. The van der Waals surface area contributed by atoms with Gasteiger partial charge in [0.2, 0.25) is 5.91 Å². The number of halogens is 2. The Morgan fingerprint density at radius 1 is 1.32 bits per heavy atom. The van der Waals surface area contributed by atoms with E-state index in [0.29, 0.717) is 19.6 Å². The Morgan fingerprint density at radius 3 is 2.73 bits per heavy atom. The van der Waals surface area contributed by atoms with Crippen LogP contribution in [0, 0.1) is 17.6 Å². The molecule has 2 fully saturated rings. The summed E-state index contributed by atoms with van der Waals surface area (Å²) < 4.78 is 28.0. The fourth-order valence-electron chi connectivity index (χ4n) is 3.18.